The molecule has 0 N–H and O–H groups in total. The van der Waals surface area contributed by atoms with Gasteiger partial charge in [-0.2, -0.15) is 0 Å². The molecule has 2 nitrogen and oxygen atoms in total. The minimum atomic E-state index is -0.0610. The first-order valence-electron chi connectivity index (χ1n) is 7.38. The van der Waals surface area contributed by atoms with Gasteiger partial charge < -0.3 is 9.47 Å². The van der Waals surface area contributed by atoms with Crippen LogP contribution in [0.2, 0.25) is 0 Å². The first kappa shape index (κ1) is 17.9. The van der Waals surface area contributed by atoms with Crippen LogP contribution in [0.5, 0.6) is 0 Å². The summed E-state index contributed by atoms with van der Waals surface area (Å²) in [5.41, 5.74) is 0.253. The first-order valence-corrected chi connectivity index (χ1v) is 7.38. The van der Waals surface area contributed by atoms with Crippen molar-refractivity contribution in [2.75, 3.05) is 6.61 Å². The average Bonchev–Trinajstić information content (AvgIpc) is 2.48. The lowest BCUT2D eigenvalue weighted by Crippen LogP contribution is -2.35. The predicted molar refractivity (Wildman–Crippen MR) is 79.0 cm³/mol. The third-order valence-corrected chi connectivity index (χ3v) is 2.47. The van der Waals surface area contributed by atoms with Crippen LogP contribution in [0.4, 0.5) is 0 Å². The highest BCUT2D eigenvalue weighted by Gasteiger charge is 2.34. The minimum Gasteiger partial charge on any atom is -0.375 e. The van der Waals surface area contributed by atoms with E-state index in [1.54, 1.807) is 0 Å². The van der Waals surface area contributed by atoms with Gasteiger partial charge in [-0.05, 0) is 39.0 Å². The smallest absolute Gasteiger partial charge is 0.0865 e. The highest BCUT2D eigenvalue weighted by atomic mass is 16.6. The van der Waals surface area contributed by atoms with Gasteiger partial charge in [-0.25, -0.2) is 0 Å². The Hall–Kier alpha value is -0.0800. The molecule has 0 aromatic rings. The molecule has 1 aliphatic rings. The number of hydrogen-bond acceptors (Lipinski definition) is 2. The van der Waals surface area contributed by atoms with Gasteiger partial charge in [0.25, 0.3) is 0 Å². The Balaban J connectivity index is 0.000000873. The molecule has 2 heteroatoms. The van der Waals surface area contributed by atoms with Gasteiger partial charge in [0, 0.05) is 6.61 Å². The number of rotatable bonds is 2. The van der Waals surface area contributed by atoms with Crippen molar-refractivity contribution in [1.29, 1.82) is 0 Å². The van der Waals surface area contributed by atoms with Crippen LogP contribution in [0.15, 0.2) is 0 Å². The number of ether oxygens (including phenoxy) is 2. The van der Waals surface area contributed by atoms with E-state index in [-0.39, 0.29) is 17.8 Å². The summed E-state index contributed by atoms with van der Waals surface area (Å²) in [4.78, 5) is 0. The monoisotopic (exact) mass is 258 g/mol. The molecule has 1 saturated heterocycles. The van der Waals surface area contributed by atoms with Gasteiger partial charge in [0.15, 0.2) is 0 Å². The molecule has 1 aliphatic heterocycles. The predicted octanol–water partition coefficient (Wildman–Crippen LogP) is 4.81. The molecule has 0 aromatic heterocycles. The Kier molecular flexibility index (Phi) is 7.46. The van der Waals surface area contributed by atoms with Crippen LogP contribution in [-0.4, -0.2) is 24.4 Å². The third kappa shape index (κ3) is 8.93. The molecule has 1 fully saturated rings. The molecule has 1 heterocycles. The van der Waals surface area contributed by atoms with Crippen LogP contribution < -0.4 is 0 Å². The topological polar surface area (TPSA) is 18.5 Å². The highest BCUT2D eigenvalue weighted by molar-refractivity contribution is 4.83. The van der Waals surface area contributed by atoms with E-state index in [9.17, 15) is 0 Å². The Bertz CT molecular complexity index is 188. The normalized spacial score (nSPS) is 24.7. The molecule has 2 atom stereocenters. The molecule has 0 aromatic carbocycles. The van der Waals surface area contributed by atoms with Crippen LogP contribution in [0, 0.1) is 5.41 Å². The maximum atomic E-state index is 6.03. The second kappa shape index (κ2) is 7.49. The van der Waals surface area contributed by atoms with Crippen LogP contribution in [0.25, 0.3) is 0 Å². The molecular weight excluding hydrogens is 224 g/mol. The molecule has 0 saturated carbocycles. The maximum Gasteiger partial charge on any atom is 0.0865 e. The summed E-state index contributed by atoms with van der Waals surface area (Å²) in [5.74, 6) is 0. The molecule has 0 radical (unpaired) electrons. The van der Waals surface area contributed by atoms with Gasteiger partial charge >= 0.3 is 0 Å². The van der Waals surface area contributed by atoms with Gasteiger partial charge in [0.05, 0.1) is 17.8 Å². The fraction of sp³-hybridized carbons (Fsp3) is 1.00. The van der Waals surface area contributed by atoms with Crippen molar-refractivity contribution in [3.05, 3.63) is 0 Å². The van der Waals surface area contributed by atoms with Crippen molar-refractivity contribution < 1.29 is 9.47 Å². The van der Waals surface area contributed by atoms with Crippen LogP contribution in [-0.2, 0) is 9.47 Å². The van der Waals surface area contributed by atoms with E-state index in [4.69, 9.17) is 9.47 Å². The van der Waals surface area contributed by atoms with E-state index < -0.39 is 0 Å². The first-order chi connectivity index (χ1) is 8.09. The van der Waals surface area contributed by atoms with Crippen LogP contribution in [0.1, 0.15) is 74.7 Å². The van der Waals surface area contributed by atoms with Gasteiger partial charge in [0.2, 0.25) is 0 Å². The largest absolute Gasteiger partial charge is 0.375 e. The summed E-state index contributed by atoms with van der Waals surface area (Å²) >= 11 is 0. The average molecular weight is 258 g/mol. The fourth-order valence-corrected chi connectivity index (χ4v) is 2.01. The molecule has 0 spiro atoms. The van der Waals surface area contributed by atoms with E-state index in [0.717, 1.165) is 19.4 Å². The Morgan fingerprint density at radius 3 is 1.94 bits per heavy atom. The van der Waals surface area contributed by atoms with Crippen molar-refractivity contribution in [2.45, 2.75) is 92.5 Å². The van der Waals surface area contributed by atoms with E-state index >= 15 is 0 Å². The van der Waals surface area contributed by atoms with Gasteiger partial charge in [-0.3, -0.25) is 0 Å². The van der Waals surface area contributed by atoms with Gasteiger partial charge in [-0.15, -0.1) is 0 Å². The minimum absolute atomic E-state index is 0.0610. The van der Waals surface area contributed by atoms with Crippen molar-refractivity contribution >= 4 is 0 Å². The summed E-state index contributed by atoms with van der Waals surface area (Å²) in [7, 11) is 0. The molecule has 0 aliphatic carbocycles. The van der Waals surface area contributed by atoms with Crippen molar-refractivity contribution in [3.8, 4) is 0 Å². The van der Waals surface area contributed by atoms with Crippen LogP contribution in [0.3, 0.4) is 0 Å². The van der Waals surface area contributed by atoms with E-state index in [1.807, 2.05) is 0 Å². The van der Waals surface area contributed by atoms with Crippen LogP contribution >= 0.6 is 0 Å². The third-order valence-electron chi connectivity index (χ3n) is 2.47. The Morgan fingerprint density at radius 2 is 1.56 bits per heavy atom. The zero-order valence-electron chi connectivity index (χ0n) is 13.8. The summed E-state index contributed by atoms with van der Waals surface area (Å²) in [6.07, 6.45) is 3.93. The summed E-state index contributed by atoms with van der Waals surface area (Å²) in [6.45, 7) is 18.2. The lowest BCUT2D eigenvalue weighted by molar-refractivity contribution is -0.0949. The molecule has 18 heavy (non-hydrogen) atoms. The molecule has 0 amide bonds. The lowest BCUT2D eigenvalue weighted by Gasteiger charge is -2.31. The van der Waals surface area contributed by atoms with Gasteiger partial charge in [-0.1, -0.05) is 41.0 Å². The standard InChI is InChI=1S/C13H26O2.C3H8/c1-12(2,3)9-11-10(7-8-14-11)15-13(4,5)6;1-3-2/h10-11H,7-9H2,1-6H3;3H2,1-2H3/t10?,11-;/m1./s1. The van der Waals surface area contributed by atoms with Crippen molar-refractivity contribution in [1.82, 2.24) is 0 Å². The molecule has 0 bridgehead atoms. The molecule has 110 valence electrons. The summed E-state index contributed by atoms with van der Waals surface area (Å²) in [6, 6.07) is 0. The quantitative estimate of drug-likeness (QED) is 0.707. The molecular formula is C16H34O2. The van der Waals surface area contributed by atoms with Gasteiger partial charge in [0.1, 0.15) is 0 Å². The van der Waals surface area contributed by atoms with E-state index in [0.29, 0.717) is 5.41 Å². The second-order valence-corrected chi connectivity index (χ2v) is 7.44. The highest BCUT2D eigenvalue weighted by Crippen LogP contribution is 2.31. The fourth-order valence-electron chi connectivity index (χ4n) is 2.01. The molecule has 1 unspecified atom stereocenters. The zero-order valence-corrected chi connectivity index (χ0v) is 13.8. The maximum absolute atomic E-state index is 6.03. The number of hydrogen-bond donors (Lipinski definition) is 0. The Labute approximate surface area is 114 Å². The van der Waals surface area contributed by atoms with Crippen molar-refractivity contribution in [2.24, 2.45) is 5.41 Å². The zero-order chi connectivity index (χ0) is 14.4. The second-order valence-electron chi connectivity index (χ2n) is 7.44. The summed E-state index contributed by atoms with van der Waals surface area (Å²) < 4.78 is 11.8. The summed E-state index contributed by atoms with van der Waals surface area (Å²) in [5, 5.41) is 0. The Morgan fingerprint density at radius 1 is 1.06 bits per heavy atom. The van der Waals surface area contributed by atoms with E-state index in [2.05, 4.69) is 55.4 Å². The van der Waals surface area contributed by atoms with Crippen molar-refractivity contribution in [3.63, 3.8) is 0 Å². The molecule has 1 rings (SSSR count). The SMILES string of the molecule is CC(C)(C)C[C@H]1OCCC1OC(C)(C)C.CCC. The lowest BCUT2D eigenvalue weighted by atomic mass is 9.87. The van der Waals surface area contributed by atoms with E-state index in [1.165, 1.54) is 6.42 Å².